The number of hydrogen-bond donors (Lipinski definition) is 0. The summed E-state index contributed by atoms with van der Waals surface area (Å²) in [6, 6.07) is 4.87. The molecule has 0 radical (unpaired) electrons. The van der Waals surface area contributed by atoms with Gasteiger partial charge in [-0.1, -0.05) is 6.42 Å². The Bertz CT molecular complexity index is 491. The third kappa shape index (κ3) is 3.05. The summed E-state index contributed by atoms with van der Waals surface area (Å²) in [5.41, 5.74) is 1.26. The smallest absolute Gasteiger partial charge is 0.0841 e. The second-order valence-electron chi connectivity index (χ2n) is 7.15. The highest BCUT2D eigenvalue weighted by atomic mass is 16.6. The van der Waals surface area contributed by atoms with Crippen LogP contribution >= 0.6 is 0 Å². The minimum absolute atomic E-state index is 0.0662. The van der Waals surface area contributed by atoms with Crippen LogP contribution in [0.1, 0.15) is 44.1 Å². The molecule has 3 fully saturated rings. The molecule has 22 heavy (non-hydrogen) atoms. The van der Waals surface area contributed by atoms with Crippen molar-refractivity contribution in [1.29, 1.82) is 0 Å². The van der Waals surface area contributed by atoms with Crippen LogP contribution in [0.15, 0.2) is 24.5 Å². The lowest BCUT2D eigenvalue weighted by Gasteiger charge is -2.46. The summed E-state index contributed by atoms with van der Waals surface area (Å²) in [4.78, 5) is 6.72. The van der Waals surface area contributed by atoms with E-state index in [1.807, 2.05) is 24.5 Å². The van der Waals surface area contributed by atoms with Gasteiger partial charge in [0.2, 0.25) is 0 Å². The van der Waals surface area contributed by atoms with Crippen molar-refractivity contribution < 1.29 is 9.47 Å². The van der Waals surface area contributed by atoms with Gasteiger partial charge in [0.1, 0.15) is 0 Å². The lowest BCUT2D eigenvalue weighted by atomic mass is 9.84. The van der Waals surface area contributed by atoms with Gasteiger partial charge in [-0.2, -0.15) is 0 Å². The molecule has 3 heterocycles. The van der Waals surface area contributed by atoms with E-state index in [1.54, 1.807) is 0 Å². The zero-order valence-corrected chi connectivity index (χ0v) is 13.2. The zero-order chi connectivity index (χ0) is 14.8. The van der Waals surface area contributed by atoms with E-state index < -0.39 is 0 Å². The van der Waals surface area contributed by atoms with Crippen LogP contribution in [0.2, 0.25) is 0 Å². The SMILES string of the molecule is c1cc(CO[C@@H]2CO[C@]3(CCCN(C4CCC4)C3)C2)ccn1. The largest absolute Gasteiger partial charge is 0.371 e. The summed E-state index contributed by atoms with van der Waals surface area (Å²) in [5, 5.41) is 0. The number of hydrogen-bond acceptors (Lipinski definition) is 4. The molecule has 0 bridgehead atoms. The van der Waals surface area contributed by atoms with Gasteiger partial charge >= 0.3 is 0 Å². The Morgan fingerprint density at radius 1 is 1.27 bits per heavy atom. The highest BCUT2D eigenvalue weighted by molar-refractivity contribution is 5.08. The highest BCUT2D eigenvalue weighted by Crippen LogP contribution is 2.38. The first-order valence-electron chi connectivity index (χ1n) is 8.72. The Balaban J connectivity index is 1.31. The number of piperidine rings is 1. The van der Waals surface area contributed by atoms with Gasteiger partial charge in [-0.15, -0.1) is 0 Å². The molecule has 0 unspecified atom stereocenters. The predicted octanol–water partition coefficient (Wildman–Crippen LogP) is 2.77. The molecular formula is C18H26N2O2. The average Bonchev–Trinajstić information content (AvgIpc) is 2.87. The lowest BCUT2D eigenvalue weighted by Crippen LogP contribution is -2.53. The van der Waals surface area contributed by atoms with Gasteiger partial charge in [-0.25, -0.2) is 0 Å². The monoisotopic (exact) mass is 302 g/mol. The summed E-state index contributed by atoms with van der Waals surface area (Å²) in [7, 11) is 0. The fraction of sp³-hybridized carbons (Fsp3) is 0.722. The normalized spacial score (nSPS) is 33.2. The minimum atomic E-state index is 0.0662. The Morgan fingerprint density at radius 3 is 2.91 bits per heavy atom. The fourth-order valence-electron chi connectivity index (χ4n) is 4.08. The van der Waals surface area contributed by atoms with Crippen LogP contribution in [-0.2, 0) is 16.1 Å². The Kier molecular flexibility index (Phi) is 4.16. The standard InChI is InChI=1S/C18H26N2O2/c1-3-16(4-1)20-10-2-7-18(14-20)11-17(13-22-18)21-12-15-5-8-19-9-6-15/h5-6,8-9,16-17H,1-4,7,10-14H2/t17-,18+/m0/s1. The summed E-state index contributed by atoms with van der Waals surface area (Å²) in [5.74, 6) is 0. The molecule has 2 atom stereocenters. The molecule has 1 saturated carbocycles. The molecule has 0 aromatic carbocycles. The minimum Gasteiger partial charge on any atom is -0.371 e. The summed E-state index contributed by atoms with van der Waals surface area (Å²) in [6.45, 7) is 3.80. The lowest BCUT2D eigenvalue weighted by molar-refractivity contribution is -0.0707. The number of pyridine rings is 1. The van der Waals surface area contributed by atoms with E-state index in [4.69, 9.17) is 9.47 Å². The maximum absolute atomic E-state index is 6.25. The molecule has 4 heteroatoms. The Morgan fingerprint density at radius 2 is 2.14 bits per heavy atom. The van der Waals surface area contributed by atoms with E-state index >= 15 is 0 Å². The molecule has 1 aliphatic carbocycles. The molecular weight excluding hydrogens is 276 g/mol. The highest BCUT2D eigenvalue weighted by Gasteiger charge is 2.45. The van der Waals surface area contributed by atoms with Crippen LogP contribution in [0.3, 0.4) is 0 Å². The maximum Gasteiger partial charge on any atom is 0.0841 e. The van der Waals surface area contributed by atoms with Crippen molar-refractivity contribution in [3.05, 3.63) is 30.1 Å². The summed E-state index contributed by atoms with van der Waals surface area (Å²) in [6.07, 6.45) is 11.6. The Labute approximate surface area is 132 Å². The molecule has 4 nitrogen and oxygen atoms in total. The second-order valence-corrected chi connectivity index (χ2v) is 7.15. The van der Waals surface area contributed by atoms with Crippen molar-refractivity contribution >= 4 is 0 Å². The topological polar surface area (TPSA) is 34.6 Å². The molecule has 1 aromatic rings. The predicted molar refractivity (Wildman–Crippen MR) is 84.6 cm³/mol. The molecule has 0 N–H and O–H groups in total. The van der Waals surface area contributed by atoms with Gasteiger partial charge < -0.3 is 9.47 Å². The van der Waals surface area contributed by atoms with E-state index in [2.05, 4.69) is 9.88 Å². The van der Waals surface area contributed by atoms with Crippen LogP contribution in [0.4, 0.5) is 0 Å². The van der Waals surface area contributed by atoms with E-state index in [0.717, 1.165) is 25.6 Å². The average molecular weight is 302 g/mol. The number of ether oxygens (including phenoxy) is 2. The molecule has 120 valence electrons. The molecule has 1 aromatic heterocycles. The fourth-order valence-corrected chi connectivity index (χ4v) is 4.08. The van der Waals surface area contributed by atoms with E-state index in [1.165, 1.54) is 44.2 Å². The van der Waals surface area contributed by atoms with Gasteiger partial charge in [-0.3, -0.25) is 9.88 Å². The Hall–Kier alpha value is -0.970. The molecule has 4 rings (SSSR count). The second kappa shape index (κ2) is 6.26. The zero-order valence-electron chi connectivity index (χ0n) is 13.2. The first-order chi connectivity index (χ1) is 10.8. The van der Waals surface area contributed by atoms with Gasteiger partial charge in [0.25, 0.3) is 0 Å². The van der Waals surface area contributed by atoms with Crippen molar-refractivity contribution in [2.45, 2.75) is 62.9 Å². The first-order valence-corrected chi connectivity index (χ1v) is 8.72. The van der Waals surface area contributed by atoms with Gasteiger partial charge in [-0.05, 0) is 49.9 Å². The third-order valence-electron chi connectivity index (χ3n) is 5.57. The van der Waals surface area contributed by atoms with Crippen LogP contribution in [0.5, 0.6) is 0 Å². The third-order valence-corrected chi connectivity index (χ3v) is 5.57. The maximum atomic E-state index is 6.25. The van der Waals surface area contributed by atoms with Gasteiger partial charge in [0.15, 0.2) is 0 Å². The summed E-state index contributed by atoms with van der Waals surface area (Å²) >= 11 is 0. The van der Waals surface area contributed by atoms with Crippen molar-refractivity contribution in [1.82, 2.24) is 9.88 Å². The van der Waals surface area contributed by atoms with E-state index in [-0.39, 0.29) is 11.7 Å². The van der Waals surface area contributed by atoms with E-state index in [9.17, 15) is 0 Å². The quantitative estimate of drug-likeness (QED) is 0.856. The van der Waals surface area contributed by atoms with Crippen LogP contribution in [-0.4, -0.2) is 47.3 Å². The first kappa shape index (κ1) is 14.6. The van der Waals surface area contributed by atoms with Gasteiger partial charge in [0, 0.05) is 31.4 Å². The molecule has 3 aliphatic rings. The van der Waals surface area contributed by atoms with Crippen molar-refractivity contribution in [2.24, 2.45) is 0 Å². The van der Waals surface area contributed by atoms with Crippen LogP contribution < -0.4 is 0 Å². The molecule has 2 saturated heterocycles. The van der Waals surface area contributed by atoms with Crippen LogP contribution in [0, 0.1) is 0 Å². The van der Waals surface area contributed by atoms with Crippen molar-refractivity contribution in [2.75, 3.05) is 19.7 Å². The molecule has 1 spiro atoms. The van der Waals surface area contributed by atoms with Gasteiger partial charge in [0.05, 0.1) is 24.9 Å². The van der Waals surface area contributed by atoms with Crippen LogP contribution in [0.25, 0.3) is 0 Å². The number of likely N-dealkylation sites (tertiary alicyclic amines) is 1. The molecule has 2 aliphatic heterocycles. The van der Waals surface area contributed by atoms with E-state index in [0.29, 0.717) is 6.61 Å². The summed E-state index contributed by atoms with van der Waals surface area (Å²) < 4.78 is 12.3. The van der Waals surface area contributed by atoms with Crippen molar-refractivity contribution in [3.63, 3.8) is 0 Å². The number of nitrogens with zero attached hydrogens (tertiary/aromatic N) is 2. The van der Waals surface area contributed by atoms with Crippen molar-refractivity contribution in [3.8, 4) is 0 Å². The number of aromatic nitrogens is 1. The molecule has 0 amide bonds. The number of rotatable bonds is 4.